The summed E-state index contributed by atoms with van der Waals surface area (Å²) in [4.78, 5) is 27.5. The number of aryl methyl sites for hydroxylation is 2. The summed E-state index contributed by atoms with van der Waals surface area (Å²) >= 11 is 0. The zero-order valence-corrected chi connectivity index (χ0v) is 16.9. The number of fused-ring (bicyclic) bond motifs is 1. The van der Waals surface area contributed by atoms with Crippen LogP contribution in [0.5, 0.6) is 0 Å². The van der Waals surface area contributed by atoms with Gasteiger partial charge in [-0.25, -0.2) is 4.68 Å². The Balaban J connectivity index is 1.39. The molecule has 0 saturated carbocycles. The van der Waals surface area contributed by atoms with E-state index >= 15 is 0 Å². The molecule has 1 aliphatic rings. The number of amides is 1. The van der Waals surface area contributed by atoms with Crippen LogP contribution in [-0.4, -0.2) is 39.7 Å². The van der Waals surface area contributed by atoms with Gasteiger partial charge in [0, 0.05) is 30.1 Å². The first kappa shape index (κ1) is 19.3. The van der Waals surface area contributed by atoms with Crippen LogP contribution in [0.2, 0.25) is 0 Å². The molecule has 0 atom stereocenters. The van der Waals surface area contributed by atoms with Crippen LogP contribution in [0.4, 0.5) is 0 Å². The molecule has 2 heterocycles. The Labute approximate surface area is 170 Å². The topological polar surface area (TPSA) is 67.2 Å². The Morgan fingerprint density at radius 1 is 1.03 bits per heavy atom. The number of hydrogen-bond donors (Lipinski definition) is 1. The van der Waals surface area contributed by atoms with Crippen molar-refractivity contribution in [2.45, 2.75) is 39.4 Å². The van der Waals surface area contributed by atoms with Crippen LogP contribution >= 0.6 is 0 Å². The number of carbonyl (C=O) groups excluding carboxylic acids is 1. The Morgan fingerprint density at radius 2 is 1.69 bits per heavy atom. The first-order valence-electron chi connectivity index (χ1n) is 10.1. The first-order chi connectivity index (χ1) is 14.0. The molecule has 3 aromatic rings. The van der Waals surface area contributed by atoms with E-state index in [0.29, 0.717) is 12.1 Å². The first-order valence-corrected chi connectivity index (χ1v) is 10.1. The van der Waals surface area contributed by atoms with E-state index in [0.717, 1.165) is 48.1 Å². The van der Waals surface area contributed by atoms with Crippen LogP contribution in [0.3, 0.4) is 0 Å². The predicted octanol–water partition coefficient (Wildman–Crippen LogP) is 2.87. The highest BCUT2D eigenvalue weighted by Crippen LogP contribution is 2.15. The molecular formula is C23H26N4O2. The van der Waals surface area contributed by atoms with Crippen molar-refractivity contribution in [1.29, 1.82) is 0 Å². The van der Waals surface area contributed by atoms with Gasteiger partial charge in [0.05, 0.1) is 17.7 Å². The molecule has 2 aromatic carbocycles. The second kappa shape index (κ2) is 8.17. The number of benzene rings is 2. The summed E-state index contributed by atoms with van der Waals surface area (Å²) < 4.78 is 1.56. The van der Waals surface area contributed by atoms with Crippen molar-refractivity contribution in [3.05, 3.63) is 75.7 Å². The van der Waals surface area contributed by atoms with Crippen LogP contribution < -0.4 is 10.9 Å². The minimum absolute atomic E-state index is 0.00964. The molecule has 4 rings (SSSR count). The fourth-order valence-electron chi connectivity index (χ4n) is 4.00. The standard InChI is InChI=1S/C23H26N4O2/c1-16-7-3-4-8-19(16)22(28)24-18-11-13-26(14-12-18)15-27-23(29)21-10-6-5-9-20(21)17(2)25-27/h3-10,18H,11-15H2,1-2H3,(H,24,28). The summed E-state index contributed by atoms with van der Waals surface area (Å²) in [6, 6.07) is 15.4. The number of piperidine rings is 1. The smallest absolute Gasteiger partial charge is 0.275 e. The summed E-state index contributed by atoms with van der Waals surface area (Å²) in [5, 5.41) is 9.28. The van der Waals surface area contributed by atoms with Crippen LogP contribution in [0.25, 0.3) is 10.8 Å². The van der Waals surface area contributed by atoms with Crippen molar-refractivity contribution in [1.82, 2.24) is 20.0 Å². The van der Waals surface area contributed by atoms with E-state index in [2.05, 4.69) is 15.3 Å². The number of nitrogens with zero attached hydrogens (tertiary/aromatic N) is 3. The molecule has 150 valence electrons. The molecule has 1 aromatic heterocycles. The van der Waals surface area contributed by atoms with Gasteiger partial charge in [0.15, 0.2) is 0 Å². The summed E-state index contributed by atoms with van der Waals surface area (Å²) in [5.74, 6) is -0.00964. The van der Waals surface area contributed by atoms with Crippen molar-refractivity contribution >= 4 is 16.7 Å². The Hall–Kier alpha value is -2.99. The molecule has 1 amide bonds. The highest BCUT2D eigenvalue weighted by atomic mass is 16.2. The lowest BCUT2D eigenvalue weighted by molar-refractivity contribution is 0.0894. The Bertz CT molecular complexity index is 1100. The fourth-order valence-corrected chi connectivity index (χ4v) is 4.00. The third kappa shape index (κ3) is 4.07. The normalized spacial score (nSPS) is 15.5. The molecule has 0 bridgehead atoms. The minimum atomic E-state index is -0.0545. The second-order valence-corrected chi connectivity index (χ2v) is 7.76. The molecule has 1 fully saturated rings. The average molecular weight is 390 g/mol. The van der Waals surface area contributed by atoms with Crippen molar-refractivity contribution < 1.29 is 4.79 Å². The third-order valence-corrected chi connectivity index (χ3v) is 5.70. The van der Waals surface area contributed by atoms with Crippen LogP contribution in [0.15, 0.2) is 53.3 Å². The molecule has 0 aliphatic carbocycles. The van der Waals surface area contributed by atoms with E-state index in [1.54, 1.807) is 4.68 Å². The van der Waals surface area contributed by atoms with Gasteiger partial charge in [-0.05, 0) is 44.4 Å². The average Bonchev–Trinajstić information content (AvgIpc) is 2.73. The monoisotopic (exact) mass is 390 g/mol. The SMILES string of the molecule is Cc1ccccc1C(=O)NC1CCN(Cn2nc(C)c3ccccc3c2=O)CC1. The number of likely N-dealkylation sites (tertiary alicyclic amines) is 1. The number of nitrogens with one attached hydrogen (secondary N) is 1. The molecule has 1 aliphatic heterocycles. The van der Waals surface area contributed by atoms with Crippen molar-refractivity contribution in [2.24, 2.45) is 0 Å². The van der Waals surface area contributed by atoms with Gasteiger partial charge in [-0.3, -0.25) is 14.5 Å². The number of rotatable bonds is 4. The predicted molar refractivity (Wildman–Crippen MR) is 114 cm³/mol. The van der Waals surface area contributed by atoms with E-state index in [1.807, 2.05) is 62.4 Å². The van der Waals surface area contributed by atoms with E-state index < -0.39 is 0 Å². The maximum Gasteiger partial charge on any atom is 0.275 e. The zero-order chi connectivity index (χ0) is 20.4. The van der Waals surface area contributed by atoms with Crippen LogP contribution in [-0.2, 0) is 6.67 Å². The number of carbonyl (C=O) groups is 1. The fraction of sp³-hybridized carbons (Fsp3) is 0.348. The third-order valence-electron chi connectivity index (χ3n) is 5.70. The number of aromatic nitrogens is 2. The zero-order valence-electron chi connectivity index (χ0n) is 16.9. The van der Waals surface area contributed by atoms with Crippen molar-refractivity contribution in [3.8, 4) is 0 Å². The van der Waals surface area contributed by atoms with E-state index in [-0.39, 0.29) is 17.5 Å². The van der Waals surface area contributed by atoms with Crippen LogP contribution in [0.1, 0.15) is 34.5 Å². The Morgan fingerprint density at radius 3 is 2.41 bits per heavy atom. The summed E-state index contributed by atoms with van der Waals surface area (Å²) in [6.07, 6.45) is 1.72. The largest absolute Gasteiger partial charge is 0.349 e. The van der Waals surface area contributed by atoms with E-state index in [9.17, 15) is 9.59 Å². The molecule has 1 saturated heterocycles. The van der Waals surface area contributed by atoms with Gasteiger partial charge in [-0.1, -0.05) is 36.4 Å². The Kier molecular flexibility index (Phi) is 5.45. The minimum Gasteiger partial charge on any atom is -0.349 e. The quantitative estimate of drug-likeness (QED) is 0.744. The van der Waals surface area contributed by atoms with Gasteiger partial charge in [0.1, 0.15) is 0 Å². The maximum absolute atomic E-state index is 12.8. The van der Waals surface area contributed by atoms with E-state index in [1.165, 1.54) is 0 Å². The van der Waals surface area contributed by atoms with Gasteiger partial charge in [0.25, 0.3) is 11.5 Å². The summed E-state index contributed by atoms with van der Waals surface area (Å²) in [5.41, 5.74) is 2.53. The number of hydrogen-bond acceptors (Lipinski definition) is 4. The van der Waals surface area contributed by atoms with Gasteiger partial charge in [-0.2, -0.15) is 5.10 Å². The molecular weight excluding hydrogens is 364 g/mol. The molecule has 29 heavy (non-hydrogen) atoms. The summed E-state index contributed by atoms with van der Waals surface area (Å²) in [6.45, 7) is 6.00. The maximum atomic E-state index is 12.8. The molecule has 0 radical (unpaired) electrons. The molecule has 1 N–H and O–H groups in total. The molecule has 6 heteroatoms. The molecule has 0 unspecified atom stereocenters. The lowest BCUT2D eigenvalue weighted by Gasteiger charge is -2.32. The van der Waals surface area contributed by atoms with Crippen molar-refractivity contribution in [3.63, 3.8) is 0 Å². The van der Waals surface area contributed by atoms with Crippen LogP contribution in [0, 0.1) is 13.8 Å². The molecule has 0 spiro atoms. The lowest BCUT2D eigenvalue weighted by Crippen LogP contribution is -2.46. The van der Waals surface area contributed by atoms with Gasteiger partial charge in [-0.15, -0.1) is 0 Å². The summed E-state index contributed by atoms with van der Waals surface area (Å²) in [7, 11) is 0. The highest BCUT2D eigenvalue weighted by Gasteiger charge is 2.22. The van der Waals surface area contributed by atoms with E-state index in [4.69, 9.17) is 0 Å². The lowest BCUT2D eigenvalue weighted by atomic mass is 10.0. The molecule has 6 nitrogen and oxygen atoms in total. The van der Waals surface area contributed by atoms with Gasteiger partial charge >= 0.3 is 0 Å². The van der Waals surface area contributed by atoms with Gasteiger partial charge < -0.3 is 5.32 Å². The van der Waals surface area contributed by atoms with Gasteiger partial charge in [0.2, 0.25) is 0 Å². The van der Waals surface area contributed by atoms with Crippen molar-refractivity contribution in [2.75, 3.05) is 13.1 Å². The second-order valence-electron chi connectivity index (χ2n) is 7.76. The highest BCUT2D eigenvalue weighted by molar-refractivity contribution is 5.95.